The number of nitrogens with one attached hydrogen (secondary N) is 1. The SMILES string of the molecule is FC(F)(F)C1CCC(NCc2ccco2)CC1. The molecule has 0 amide bonds. The molecule has 0 aromatic carbocycles. The zero-order valence-corrected chi connectivity index (χ0v) is 9.46. The second-order valence-corrected chi connectivity index (χ2v) is 4.55. The molecule has 5 heteroatoms. The van der Waals surface area contributed by atoms with Crippen LogP contribution in [0, 0.1) is 5.92 Å². The first kappa shape index (κ1) is 12.5. The molecule has 1 aromatic heterocycles. The van der Waals surface area contributed by atoms with Crippen LogP contribution in [-0.4, -0.2) is 12.2 Å². The zero-order chi connectivity index (χ0) is 12.3. The predicted molar refractivity (Wildman–Crippen MR) is 57.3 cm³/mol. The van der Waals surface area contributed by atoms with E-state index >= 15 is 0 Å². The van der Waals surface area contributed by atoms with Crippen LogP contribution in [0.15, 0.2) is 22.8 Å². The second-order valence-electron chi connectivity index (χ2n) is 4.55. The summed E-state index contributed by atoms with van der Waals surface area (Å²) in [6, 6.07) is 3.84. The van der Waals surface area contributed by atoms with Gasteiger partial charge in [-0.2, -0.15) is 13.2 Å². The Balaban J connectivity index is 1.72. The van der Waals surface area contributed by atoms with Gasteiger partial charge in [-0.15, -0.1) is 0 Å². The van der Waals surface area contributed by atoms with Gasteiger partial charge in [0.25, 0.3) is 0 Å². The molecule has 0 bridgehead atoms. The normalized spacial score (nSPS) is 26.1. The summed E-state index contributed by atoms with van der Waals surface area (Å²) in [6.45, 7) is 0.592. The third-order valence-electron chi connectivity index (χ3n) is 3.34. The first-order chi connectivity index (χ1) is 8.05. The smallest absolute Gasteiger partial charge is 0.391 e. The monoisotopic (exact) mass is 247 g/mol. The summed E-state index contributed by atoms with van der Waals surface area (Å²) in [6.07, 6.45) is -0.780. The largest absolute Gasteiger partial charge is 0.468 e. The van der Waals surface area contributed by atoms with Crippen molar-refractivity contribution >= 4 is 0 Å². The summed E-state index contributed by atoms with van der Waals surface area (Å²) >= 11 is 0. The minimum atomic E-state index is -4.02. The summed E-state index contributed by atoms with van der Waals surface area (Å²) in [4.78, 5) is 0. The third kappa shape index (κ3) is 3.49. The molecule has 0 saturated heterocycles. The summed E-state index contributed by atoms with van der Waals surface area (Å²) in [5.74, 6) is -0.285. The van der Waals surface area contributed by atoms with Crippen LogP contribution >= 0.6 is 0 Å². The van der Waals surface area contributed by atoms with E-state index in [1.807, 2.05) is 6.07 Å². The number of halogens is 3. The van der Waals surface area contributed by atoms with Gasteiger partial charge < -0.3 is 9.73 Å². The minimum absolute atomic E-state index is 0.179. The molecule has 1 aromatic rings. The topological polar surface area (TPSA) is 25.2 Å². The Bertz CT molecular complexity index is 326. The second kappa shape index (κ2) is 5.12. The van der Waals surface area contributed by atoms with Crippen LogP contribution in [0.5, 0.6) is 0 Å². The number of rotatable bonds is 3. The predicted octanol–water partition coefficient (Wildman–Crippen LogP) is 3.49. The van der Waals surface area contributed by atoms with Crippen molar-refractivity contribution in [1.29, 1.82) is 0 Å². The number of hydrogen-bond acceptors (Lipinski definition) is 2. The van der Waals surface area contributed by atoms with Crippen molar-refractivity contribution in [2.45, 2.75) is 44.4 Å². The van der Waals surface area contributed by atoms with Crippen molar-refractivity contribution < 1.29 is 17.6 Å². The highest BCUT2D eigenvalue weighted by Gasteiger charge is 2.41. The van der Waals surface area contributed by atoms with E-state index in [1.165, 1.54) is 0 Å². The summed E-state index contributed by atoms with van der Waals surface area (Å²) in [5.41, 5.74) is 0. The first-order valence-electron chi connectivity index (χ1n) is 5.88. The number of furan rings is 1. The minimum Gasteiger partial charge on any atom is -0.468 e. The van der Waals surface area contributed by atoms with Crippen molar-refractivity contribution in [3.8, 4) is 0 Å². The third-order valence-corrected chi connectivity index (χ3v) is 3.34. The lowest BCUT2D eigenvalue weighted by Crippen LogP contribution is -2.36. The molecule has 0 atom stereocenters. The van der Waals surface area contributed by atoms with Crippen LogP contribution in [0.3, 0.4) is 0 Å². The summed E-state index contributed by atoms with van der Waals surface area (Å²) < 4.78 is 42.5. The van der Waals surface area contributed by atoms with Gasteiger partial charge in [0.2, 0.25) is 0 Å². The molecule has 0 radical (unpaired) electrons. The maximum absolute atomic E-state index is 12.4. The maximum Gasteiger partial charge on any atom is 0.391 e. The van der Waals surface area contributed by atoms with E-state index in [1.54, 1.807) is 12.3 Å². The van der Waals surface area contributed by atoms with Crippen LogP contribution in [0.4, 0.5) is 13.2 Å². The molecule has 0 unspecified atom stereocenters. The van der Waals surface area contributed by atoms with Crippen molar-refractivity contribution in [3.05, 3.63) is 24.2 Å². The average molecular weight is 247 g/mol. The van der Waals surface area contributed by atoms with Crippen LogP contribution in [0.1, 0.15) is 31.4 Å². The van der Waals surface area contributed by atoms with Crippen LogP contribution in [-0.2, 0) is 6.54 Å². The molecule has 0 aliphatic heterocycles. The van der Waals surface area contributed by atoms with E-state index < -0.39 is 12.1 Å². The fourth-order valence-corrected chi connectivity index (χ4v) is 2.28. The van der Waals surface area contributed by atoms with E-state index in [9.17, 15) is 13.2 Å². The molecule has 1 heterocycles. The Morgan fingerprint density at radius 2 is 1.94 bits per heavy atom. The highest BCUT2D eigenvalue weighted by molar-refractivity contribution is 4.98. The molecule has 96 valence electrons. The number of hydrogen-bond donors (Lipinski definition) is 1. The van der Waals surface area contributed by atoms with Crippen LogP contribution in [0.2, 0.25) is 0 Å². The van der Waals surface area contributed by atoms with Gasteiger partial charge in [-0.3, -0.25) is 0 Å². The lowest BCUT2D eigenvalue weighted by molar-refractivity contribution is -0.182. The Morgan fingerprint density at radius 3 is 2.47 bits per heavy atom. The Hall–Kier alpha value is -0.970. The zero-order valence-electron chi connectivity index (χ0n) is 9.46. The van der Waals surface area contributed by atoms with Gasteiger partial charge in [-0.05, 0) is 37.8 Å². The fraction of sp³-hybridized carbons (Fsp3) is 0.667. The summed E-state index contributed by atoms with van der Waals surface area (Å²) in [5, 5.41) is 3.23. The van der Waals surface area contributed by atoms with Gasteiger partial charge in [-0.1, -0.05) is 0 Å². The quantitative estimate of drug-likeness (QED) is 0.884. The lowest BCUT2D eigenvalue weighted by Gasteiger charge is -2.30. The van der Waals surface area contributed by atoms with Crippen LogP contribution < -0.4 is 5.32 Å². The molecule has 2 rings (SSSR count). The standard InChI is InChI=1S/C12H16F3NO/c13-12(14,15)9-3-5-10(6-4-9)16-8-11-2-1-7-17-11/h1-2,7,9-10,16H,3-6,8H2. The molecule has 1 saturated carbocycles. The Labute approximate surface area is 98.2 Å². The van der Waals surface area contributed by atoms with Crippen molar-refractivity contribution in [2.75, 3.05) is 0 Å². The Morgan fingerprint density at radius 1 is 1.24 bits per heavy atom. The van der Waals surface area contributed by atoms with Gasteiger partial charge in [0, 0.05) is 6.04 Å². The molecule has 2 nitrogen and oxygen atoms in total. The van der Waals surface area contributed by atoms with Gasteiger partial charge in [0.15, 0.2) is 0 Å². The molecular formula is C12H16F3NO. The number of alkyl halides is 3. The molecule has 1 aliphatic carbocycles. The summed E-state index contributed by atoms with van der Waals surface area (Å²) in [7, 11) is 0. The molecule has 0 spiro atoms. The van der Waals surface area contributed by atoms with Crippen molar-refractivity contribution in [1.82, 2.24) is 5.32 Å². The van der Waals surface area contributed by atoms with Gasteiger partial charge in [0.05, 0.1) is 18.7 Å². The Kier molecular flexibility index (Phi) is 3.76. The van der Waals surface area contributed by atoms with E-state index in [0.29, 0.717) is 19.4 Å². The van der Waals surface area contributed by atoms with E-state index in [0.717, 1.165) is 5.76 Å². The van der Waals surface area contributed by atoms with E-state index in [2.05, 4.69) is 5.32 Å². The molecule has 1 N–H and O–H groups in total. The molecule has 17 heavy (non-hydrogen) atoms. The first-order valence-corrected chi connectivity index (χ1v) is 5.88. The van der Waals surface area contributed by atoms with E-state index in [4.69, 9.17) is 4.42 Å². The van der Waals surface area contributed by atoms with Crippen molar-refractivity contribution in [3.63, 3.8) is 0 Å². The van der Waals surface area contributed by atoms with Gasteiger partial charge >= 0.3 is 6.18 Å². The van der Waals surface area contributed by atoms with Gasteiger partial charge in [-0.25, -0.2) is 0 Å². The molecule has 1 aliphatic rings. The lowest BCUT2D eigenvalue weighted by atomic mass is 9.85. The van der Waals surface area contributed by atoms with Gasteiger partial charge in [0.1, 0.15) is 5.76 Å². The molecule has 1 fully saturated rings. The van der Waals surface area contributed by atoms with E-state index in [-0.39, 0.29) is 18.9 Å². The fourth-order valence-electron chi connectivity index (χ4n) is 2.28. The highest BCUT2D eigenvalue weighted by Crippen LogP contribution is 2.37. The van der Waals surface area contributed by atoms with Crippen molar-refractivity contribution in [2.24, 2.45) is 5.92 Å². The molecular weight excluding hydrogens is 231 g/mol. The maximum atomic E-state index is 12.4. The average Bonchev–Trinajstić information content (AvgIpc) is 2.78. The van der Waals surface area contributed by atoms with Crippen LogP contribution in [0.25, 0.3) is 0 Å². The highest BCUT2D eigenvalue weighted by atomic mass is 19.4.